The monoisotopic (exact) mass is 847 g/mol. The molecule has 15 heteroatoms. The lowest BCUT2D eigenvalue weighted by molar-refractivity contribution is -0.332. The number of aliphatic hydroxyl groups excluding tert-OH is 7. The number of ether oxygens (including phenoxy) is 6. The van der Waals surface area contributed by atoms with Crippen LogP contribution in [0.2, 0.25) is 0 Å². The summed E-state index contributed by atoms with van der Waals surface area (Å²) in [6, 6.07) is 0. The molecule has 2 aliphatic heterocycles. The number of esters is 2. The van der Waals surface area contributed by atoms with Crippen molar-refractivity contribution < 1.29 is 73.8 Å². The lowest BCUT2D eigenvalue weighted by atomic mass is 9.98. The molecule has 0 radical (unpaired) electrons. The molecule has 59 heavy (non-hydrogen) atoms. The quantitative estimate of drug-likeness (QED) is 0.0275. The van der Waals surface area contributed by atoms with Crippen LogP contribution < -0.4 is 0 Å². The van der Waals surface area contributed by atoms with E-state index in [4.69, 9.17) is 28.4 Å². The Kier molecular flexibility index (Phi) is 29.4. The second kappa shape index (κ2) is 32.7. The van der Waals surface area contributed by atoms with Crippen LogP contribution in [-0.2, 0) is 38.0 Å². The Morgan fingerprint density at radius 3 is 1.64 bits per heavy atom. The van der Waals surface area contributed by atoms with E-state index in [9.17, 15) is 45.3 Å². The van der Waals surface area contributed by atoms with Crippen LogP contribution in [0.4, 0.5) is 0 Å². The lowest BCUT2D eigenvalue weighted by Crippen LogP contribution is -2.61. The minimum atomic E-state index is -1.76. The fourth-order valence-corrected chi connectivity index (χ4v) is 6.90. The zero-order valence-electron chi connectivity index (χ0n) is 35.7. The van der Waals surface area contributed by atoms with E-state index in [2.05, 4.69) is 38.2 Å². The Morgan fingerprint density at radius 1 is 0.542 bits per heavy atom. The van der Waals surface area contributed by atoms with Gasteiger partial charge in [-0.05, 0) is 38.5 Å². The fraction of sp³-hybridized carbons (Fsp3) is 0.864. The summed E-state index contributed by atoms with van der Waals surface area (Å²) in [4.78, 5) is 25.5. The number of rotatable bonds is 33. The summed E-state index contributed by atoms with van der Waals surface area (Å²) in [7, 11) is 0. The van der Waals surface area contributed by atoms with E-state index in [1.807, 2.05) is 0 Å². The van der Waals surface area contributed by atoms with E-state index >= 15 is 0 Å². The first-order valence-corrected chi connectivity index (χ1v) is 22.4. The second-order valence-electron chi connectivity index (χ2n) is 15.9. The molecule has 2 heterocycles. The maximum atomic E-state index is 12.9. The molecule has 2 aliphatic rings. The molecular weight excluding hydrogens is 768 g/mol. The molecule has 0 aromatic carbocycles. The Hall–Kier alpha value is -2.02. The second-order valence-corrected chi connectivity index (χ2v) is 15.9. The maximum Gasteiger partial charge on any atom is 0.306 e. The molecule has 0 bridgehead atoms. The van der Waals surface area contributed by atoms with Crippen molar-refractivity contribution in [1.29, 1.82) is 0 Å². The number of hydrogen-bond acceptors (Lipinski definition) is 15. The average Bonchev–Trinajstić information content (AvgIpc) is 3.23. The van der Waals surface area contributed by atoms with Crippen molar-refractivity contribution in [3.63, 3.8) is 0 Å². The molecular formula is C44H78O15. The van der Waals surface area contributed by atoms with Gasteiger partial charge in [0, 0.05) is 12.8 Å². The van der Waals surface area contributed by atoms with Gasteiger partial charge < -0.3 is 64.2 Å². The molecule has 7 N–H and O–H groups in total. The number of carbonyl (C=O) groups excluding carboxylic acids is 2. The molecule has 15 nitrogen and oxygen atoms in total. The van der Waals surface area contributed by atoms with Gasteiger partial charge in [0.2, 0.25) is 0 Å². The molecule has 2 rings (SSSR count). The van der Waals surface area contributed by atoms with Crippen LogP contribution in [0.1, 0.15) is 149 Å². The van der Waals surface area contributed by atoms with Crippen LogP contribution in [0.25, 0.3) is 0 Å². The first-order chi connectivity index (χ1) is 28.5. The van der Waals surface area contributed by atoms with Gasteiger partial charge >= 0.3 is 11.9 Å². The first-order valence-electron chi connectivity index (χ1n) is 22.4. The molecule has 0 amide bonds. The maximum absolute atomic E-state index is 12.9. The van der Waals surface area contributed by atoms with Gasteiger partial charge in [-0.25, -0.2) is 0 Å². The van der Waals surface area contributed by atoms with Crippen LogP contribution in [0.5, 0.6) is 0 Å². The molecule has 2 saturated heterocycles. The van der Waals surface area contributed by atoms with E-state index in [1.165, 1.54) is 38.5 Å². The smallest absolute Gasteiger partial charge is 0.306 e. The first kappa shape index (κ1) is 53.1. The van der Waals surface area contributed by atoms with Gasteiger partial charge in [-0.3, -0.25) is 9.59 Å². The number of carbonyl (C=O) groups is 2. The third kappa shape index (κ3) is 22.1. The topological polar surface area (TPSA) is 231 Å². The van der Waals surface area contributed by atoms with Crippen LogP contribution in [0.15, 0.2) is 24.3 Å². The highest BCUT2D eigenvalue weighted by Gasteiger charge is 2.47. The van der Waals surface area contributed by atoms with E-state index in [0.29, 0.717) is 12.8 Å². The fourth-order valence-electron chi connectivity index (χ4n) is 6.90. The summed E-state index contributed by atoms with van der Waals surface area (Å²) >= 11 is 0. The van der Waals surface area contributed by atoms with E-state index in [0.717, 1.165) is 70.6 Å². The third-order valence-electron chi connectivity index (χ3n) is 10.7. The molecule has 2 fully saturated rings. The van der Waals surface area contributed by atoms with Crippen molar-refractivity contribution >= 4 is 11.9 Å². The Balaban J connectivity index is 1.87. The van der Waals surface area contributed by atoms with E-state index in [1.54, 1.807) is 0 Å². The summed E-state index contributed by atoms with van der Waals surface area (Å²) in [5.41, 5.74) is 0. The van der Waals surface area contributed by atoms with Crippen molar-refractivity contribution in [2.75, 3.05) is 26.4 Å². The van der Waals surface area contributed by atoms with Crippen LogP contribution in [0, 0.1) is 0 Å². The highest BCUT2D eigenvalue weighted by molar-refractivity contribution is 5.70. The minimum Gasteiger partial charge on any atom is -0.462 e. The van der Waals surface area contributed by atoms with Crippen LogP contribution in [-0.4, -0.2) is 142 Å². The molecule has 0 spiro atoms. The van der Waals surface area contributed by atoms with E-state index in [-0.39, 0.29) is 26.1 Å². The van der Waals surface area contributed by atoms with Crippen molar-refractivity contribution in [3.8, 4) is 0 Å². The van der Waals surface area contributed by atoms with Gasteiger partial charge in [0.1, 0.15) is 55.4 Å². The number of allylic oxidation sites excluding steroid dienone is 4. The molecule has 0 aromatic rings. The summed E-state index contributed by atoms with van der Waals surface area (Å²) < 4.78 is 33.4. The van der Waals surface area contributed by atoms with Gasteiger partial charge in [-0.2, -0.15) is 0 Å². The van der Waals surface area contributed by atoms with Crippen molar-refractivity contribution in [1.82, 2.24) is 0 Å². The lowest BCUT2D eigenvalue weighted by Gasteiger charge is -2.42. The highest BCUT2D eigenvalue weighted by atomic mass is 16.7. The minimum absolute atomic E-state index is 0.151. The zero-order chi connectivity index (χ0) is 43.3. The average molecular weight is 847 g/mol. The molecule has 0 aromatic heterocycles. The SMILES string of the molecule is CCC/C=C\C/C=C\CCCCCCCC(=O)OC(COC(=O)CCCCCCCCCCCC)COC1OC(COC2OC(CO)C(O)C(O)C2O)C(O)C(O)C1O. The van der Waals surface area contributed by atoms with Crippen molar-refractivity contribution in [3.05, 3.63) is 24.3 Å². The third-order valence-corrected chi connectivity index (χ3v) is 10.7. The summed E-state index contributed by atoms with van der Waals surface area (Å²) in [5.74, 6) is -0.943. The summed E-state index contributed by atoms with van der Waals surface area (Å²) in [5, 5.41) is 71.8. The van der Waals surface area contributed by atoms with E-state index < -0.39 is 92.7 Å². The molecule has 0 aliphatic carbocycles. The van der Waals surface area contributed by atoms with Gasteiger partial charge in [-0.15, -0.1) is 0 Å². The summed E-state index contributed by atoms with van der Waals surface area (Å²) in [6.07, 6.45) is 12.3. The predicted molar refractivity (Wildman–Crippen MR) is 220 cm³/mol. The molecule has 11 unspecified atom stereocenters. The number of aliphatic hydroxyl groups is 7. The van der Waals surface area contributed by atoms with Crippen molar-refractivity contribution in [2.45, 2.75) is 216 Å². The summed E-state index contributed by atoms with van der Waals surface area (Å²) in [6.45, 7) is 2.47. The van der Waals surface area contributed by atoms with Crippen LogP contribution in [0.3, 0.4) is 0 Å². The Bertz CT molecular complexity index is 1140. The Morgan fingerprint density at radius 2 is 1.05 bits per heavy atom. The molecule has 344 valence electrons. The zero-order valence-corrected chi connectivity index (χ0v) is 35.7. The van der Waals surface area contributed by atoms with Gasteiger partial charge in [0.25, 0.3) is 0 Å². The van der Waals surface area contributed by atoms with Gasteiger partial charge in [0.05, 0.1) is 19.8 Å². The Labute approximate surface area is 352 Å². The van der Waals surface area contributed by atoms with Crippen LogP contribution >= 0.6 is 0 Å². The van der Waals surface area contributed by atoms with Gasteiger partial charge in [0.15, 0.2) is 18.7 Å². The highest BCUT2D eigenvalue weighted by Crippen LogP contribution is 2.26. The normalized spacial score (nSPS) is 28.0. The predicted octanol–water partition coefficient (Wildman–Crippen LogP) is 4.43. The van der Waals surface area contributed by atoms with Crippen molar-refractivity contribution in [2.24, 2.45) is 0 Å². The molecule has 0 saturated carbocycles. The largest absolute Gasteiger partial charge is 0.462 e. The number of hydrogen-bond donors (Lipinski definition) is 7. The van der Waals surface area contributed by atoms with Gasteiger partial charge in [-0.1, -0.05) is 122 Å². The standard InChI is InChI=1S/C44H78O15/c1-3-5-7-9-11-13-15-16-17-19-21-23-25-27-36(47)57-32(29-54-35(46)26-24-22-20-18-14-12-10-8-6-4-2)30-55-43-42(53)40(51)38(49)34(59-43)31-56-44-41(52)39(50)37(48)33(28-45)58-44/h7,9,13,15,32-34,37-45,48-53H,3-6,8,10-12,14,16-31H2,1-2H3/b9-7-,15-13-. The molecule has 11 atom stereocenters. The number of unbranched alkanes of at least 4 members (excludes halogenated alkanes) is 15.